The van der Waals surface area contributed by atoms with Gasteiger partial charge in [0.25, 0.3) is 0 Å². The first-order valence-electron chi connectivity index (χ1n) is 5.89. The molecule has 0 aliphatic carbocycles. The normalized spacial score (nSPS) is 39.0. The van der Waals surface area contributed by atoms with Crippen LogP contribution in [0.4, 0.5) is 0 Å². The largest absolute Gasteiger partial charge is 0.396 e. The summed E-state index contributed by atoms with van der Waals surface area (Å²) in [5.74, 6) is 1.44. The summed E-state index contributed by atoms with van der Waals surface area (Å²) < 4.78 is 5.56. The third kappa shape index (κ3) is 2.18. The van der Waals surface area contributed by atoms with Crippen molar-refractivity contribution in [1.82, 2.24) is 4.90 Å². The van der Waals surface area contributed by atoms with Crippen molar-refractivity contribution in [2.24, 2.45) is 23.5 Å². The summed E-state index contributed by atoms with van der Waals surface area (Å²) in [6.45, 7) is 6.86. The van der Waals surface area contributed by atoms with Crippen LogP contribution in [0.1, 0.15) is 6.92 Å². The van der Waals surface area contributed by atoms with Crippen molar-refractivity contribution in [3.8, 4) is 0 Å². The molecule has 0 spiro atoms. The minimum Gasteiger partial charge on any atom is -0.396 e. The van der Waals surface area contributed by atoms with Crippen LogP contribution < -0.4 is 5.73 Å². The maximum Gasteiger partial charge on any atom is 0.0510 e. The maximum absolute atomic E-state index is 9.38. The number of nitrogens with zero attached hydrogens (tertiary/aromatic N) is 1. The molecule has 0 radical (unpaired) electrons. The molecule has 2 aliphatic heterocycles. The Morgan fingerprint density at radius 3 is 2.47 bits per heavy atom. The number of likely N-dealkylation sites (tertiary alicyclic amines) is 1. The van der Waals surface area contributed by atoms with Crippen molar-refractivity contribution in [2.75, 3.05) is 39.5 Å². The topological polar surface area (TPSA) is 58.7 Å². The fourth-order valence-electron chi connectivity index (χ4n) is 2.86. The van der Waals surface area contributed by atoms with Gasteiger partial charge >= 0.3 is 0 Å². The molecule has 2 aliphatic rings. The molecule has 3 unspecified atom stereocenters. The fourth-order valence-corrected chi connectivity index (χ4v) is 2.86. The quantitative estimate of drug-likeness (QED) is 0.666. The highest BCUT2D eigenvalue weighted by atomic mass is 16.5. The third-order valence-corrected chi connectivity index (χ3v) is 3.99. The van der Waals surface area contributed by atoms with Gasteiger partial charge < -0.3 is 15.6 Å². The number of rotatable bonds is 3. The van der Waals surface area contributed by atoms with E-state index < -0.39 is 0 Å². The van der Waals surface area contributed by atoms with Gasteiger partial charge in [-0.05, 0) is 12.8 Å². The van der Waals surface area contributed by atoms with Crippen LogP contribution in [0.3, 0.4) is 0 Å². The Kier molecular flexibility index (Phi) is 3.61. The maximum atomic E-state index is 9.38. The number of piperidine rings is 1. The predicted molar refractivity (Wildman–Crippen MR) is 58.5 cm³/mol. The minimum atomic E-state index is 0.309. The molecule has 2 bridgehead atoms. The van der Waals surface area contributed by atoms with Crippen LogP contribution in [-0.2, 0) is 4.74 Å². The monoisotopic (exact) mass is 214 g/mol. The van der Waals surface area contributed by atoms with Gasteiger partial charge in [-0.1, -0.05) is 0 Å². The highest BCUT2D eigenvalue weighted by Crippen LogP contribution is 2.33. The van der Waals surface area contributed by atoms with Crippen LogP contribution in [0.15, 0.2) is 0 Å². The second kappa shape index (κ2) is 4.78. The van der Waals surface area contributed by atoms with E-state index in [9.17, 15) is 5.11 Å². The van der Waals surface area contributed by atoms with Gasteiger partial charge in [0.15, 0.2) is 0 Å². The number of fused-ring (bicyclic) bond motifs is 2. The molecule has 0 amide bonds. The summed E-state index contributed by atoms with van der Waals surface area (Å²) in [6, 6.07) is 0.452. The Labute approximate surface area is 91.4 Å². The molecule has 3 N–H and O–H groups in total. The van der Waals surface area contributed by atoms with Crippen molar-refractivity contribution in [1.29, 1.82) is 0 Å². The lowest BCUT2D eigenvalue weighted by Gasteiger charge is -2.48. The lowest BCUT2D eigenvalue weighted by Crippen LogP contribution is -2.56. The first kappa shape index (κ1) is 11.3. The number of aliphatic hydroxyl groups excluding tert-OH is 1. The van der Waals surface area contributed by atoms with Crippen LogP contribution in [0, 0.1) is 17.8 Å². The average molecular weight is 214 g/mol. The molecular weight excluding hydrogens is 192 g/mol. The molecule has 0 aromatic rings. The Morgan fingerprint density at radius 1 is 1.40 bits per heavy atom. The van der Waals surface area contributed by atoms with Crippen LogP contribution in [0.5, 0.6) is 0 Å². The molecule has 2 saturated heterocycles. The lowest BCUT2D eigenvalue weighted by atomic mass is 9.76. The van der Waals surface area contributed by atoms with E-state index in [2.05, 4.69) is 11.8 Å². The van der Waals surface area contributed by atoms with E-state index in [4.69, 9.17) is 10.5 Å². The van der Waals surface area contributed by atoms with Gasteiger partial charge in [0.1, 0.15) is 0 Å². The molecule has 15 heavy (non-hydrogen) atoms. The first-order valence-corrected chi connectivity index (χ1v) is 5.89. The van der Waals surface area contributed by atoms with Gasteiger partial charge in [-0.15, -0.1) is 0 Å². The summed E-state index contributed by atoms with van der Waals surface area (Å²) >= 11 is 0. The molecular formula is C11H22N2O2. The van der Waals surface area contributed by atoms with E-state index in [1.165, 1.54) is 0 Å². The number of hydrogen-bond donors (Lipinski definition) is 2. The SMILES string of the molecule is CC(CN)N1CC2COCC(C1)C2CO. The van der Waals surface area contributed by atoms with E-state index in [-0.39, 0.29) is 0 Å². The fraction of sp³-hybridized carbons (Fsp3) is 1.00. The Bertz CT molecular complexity index is 199. The summed E-state index contributed by atoms with van der Waals surface area (Å²) in [5, 5.41) is 9.38. The summed E-state index contributed by atoms with van der Waals surface area (Å²) in [7, 11) is 0. The van der Waals surface area contributed by atoms with Gasteiger partial charge in [0.05, 0.1) is 13.2 Å². The summed E-state index contributed by atoms with van der Waals surface area (Å²) in [6.07, 6.45) is 0. The molecule has 2 fully saturated rings. The minimum absolute atomic E-state index is 0.309. The third-order valence-electron chi connectivity index (χ3n) is 3.99. The smallest absolute Gasteiger partial charge is 0.0510 e. The lowest BCUT2D eigenvalue weighted by molar-refractivity contribution is -0.103. The molecule has 4 heteroatoms. The molecule has 0 aromatic carbocycles. The van der Waals surface area contributed by atoms with Crippen LogP contribution in [0.25, 0.3) is 0 Å². The highest BCUT2D eigenvalue weighted by molar-refractivity contribution is 4.90. The summed E-state index contributed by atoms with van der Waals surface area (Å²) in [4.78, 5) is 2.45. The Balaban J connectivity index is 2.01. The zero-order chi connectivity index (χ0) is 10.8. The molecule has 0 saturated carbocycles. The van der Waals surface area contributed by atoms with Crippen molar-refractivity contribution in [2.45, 2.75) is 13.0 Å². The zero-order valence-corrected chi connectivity index (χ0v) is 9.43. The van der Waals surface area contributed by atoms with E-state index in [1.54, 1.807) is 0 Å². The Hall–Kier alpha value is -0.160. The standard InChI is InChI=1S/C11H22N2O2/c1-8(2-12)13-3-9-6-15-7-10(4-13)11(9)5-14/h8-11,14H,2-7,12H2,1H3. The van der Waals surface area contributed by atoms with E-state index in [1.807, 2.05) is 0 Å². The van der Waals surface area contributed by atoms with Gasteiger partial charge in [-0.25, -0.2) is 0 Å². The van der Waals surface area contributed by atoms with Crippen LogP contribution >= 0.6 is 0 Å². The number of nitrogens with two attached hydrogens (primary N) is 1. The average Bonchev–Trinajstić information content (AvgIpc) is 2.26. The number of ether oxygens (including phenoxy) is 1. The molecule has 0 aromatic heterocycles. The summed E-state index contributed by atoms with van der Waals surface area (Å²) in [5.41, 5.74) is 5.70. The van der Waals surface area contributed by atoms with Crippen molar-refractivity contribution < 1.29 is 9.84 Å². The Morgan fingerprint density at radius 2 is 2.00 bits per heavy atom. The van der Waals surface area contributed by atoms with Crippen LogP contribution in [-0.4, -0.2) is 55.5 Å². The molecule has 4 nitrogen and oxygen atoms in total. The number of aliphatic hydroxyl groups is 1. The first-order chi connectivity index (χ1) is 7.26. The molecule has 2 heterocycles. The van der Waals surface area contributed by atoms with Crippen molar-refractivity contribution in [3.05, 3.63) is 0 Å². The second-order valence-corrected chi connectivity index (χ2v) is 4.94. The van der Waals surface area contributed by atoms with Crippen molar-refractivity contribution in [3.63, 3.8) is 0 Å². The molecule has 2 rings (SSSR count). The molecule has 88 valence electrons. The highest BCUT2D eigenvalue weighted by Gasteiger charge is 2.40. The van der Waals surface area contributed by atoms with Gasteiger partial charge in [0.2, 0.25) is 0 Å². The van der Waals surface area contributed by atoms with Crippen molar-refractivity contribution >= 4 is 0 Å². The molecule has 3 atom stereocenters. The van der Waals surface area contributed by atoms with E-state index >= 15 is 0 Å². The predicted octanol–water partition coefficient (Wildman–Crippen LogP) is -0.480. The van der Waals surface area contributed by atoms with E-state index in [0.717, 1.165) is 26.3 Å². The van der Waals surface area contributed by atoms with Gasteiger partial charge in [-0.3, -0.25) is 4.90 Å². The van der Waals surface area contributed by atoms with Gasteiger partial charge in [-0.2, -0.15) is 0 Å². The number of hydrogen-bond acceptors (Lipinski definition) is 4. The van der Waals surface area contributed by atoms with E-state index in [0.29, 0.717) is 36.9 Å². The zero-order valence-electron chi connectivity index (χ0n) is 9.43. The van der Waals surface area contributed by atoms with Gasteiger partial charge in [0, 0.05) is 44.1 Å². The van der Waals surface area contributed by atoms with Crippen LogP contribution in [0.2, 0.25) is 0 Å². The second-order valence-electron chi connectivity index (χ2n) is 4.94.